The number of anilines is 2. The van der Waals surface area contributed by atoms with Gasteiger partial charge >= 0.3 is 12.2 Å². The zero-order valence-corrected chi connectivity index (χ0v) is 25.3. The number of aliphatic hydroxyl groups is 1. The number of aliphatic hydroxyl groups excluding tert-OH is 1. The summed E-state index contributed by atoms with van der Waals surface area (Å²) in [6, 6.07) is 8.36. The highest BCUT2D eigenvalue weighted by Crippen LogP contribution is 2.32. The van der Waals surface area contributed by atoms with Crippen molar-refractivity contribution in [1.82, 2.24) is 9.80 Å². The average Bonchev–Trinajstić information content (AvgIpc) is 3.04. The lowest BCUT2D eigenvalue weighted by Gasteiger charge is -2.34. The monoisotopic (exact) mass is 618 g/mol. The number of nitrogens with zero attached hydrogens (tertiary/aromatic N) is 2. The highest BCUT2D eigenvalue weighted by molar-refractivity contribution is 5.93. The van der Waals surface area contributed by atoms with E-state index in [-0.39, 0.29) is 55.5 Å². The molecule has 4 rings (SSSR count). The van der Waals surface area contributed by atoms with Crippen LogP contribution in [0.3, 0.4) is 0 Å². The van der Waals surface area contributed by atoms with Crippen molar-refractivity contribution < 1.29 is 37.4 Å². The molecular formula is C32H41F3N4O5. The van der Waals surface area contributed by atoms with Crippen molar-refractivity contribution in [2.45, 2.75) is 70.7 Å². The lowest BCUT2D eigenvalue weighted by Crippen LogP contribution is -2.48. The van der Waals surface area contributed by atoms with E-state index in [1.54, 1.807) is 37.1 Å². The van der Waals surface area contributed by atoms with Gasteiger partial charge in [-0.3, -0.25) is 9.59 Å². The minimum atomic E-state index is -4.48. The zero-order valence-electron chi connectivity index (χ0n) is 25.3. The fraction of sp³-hybridized carbons (Fsp3) is 0.531. The van der Waals surface area contributed by atoms with E-state index in [2.05, 4.69) is 10.6 Å². The molecule has 0 radical (unpaired) electrons. The number of ether oxygens (including phenoxy) is 1. The van der Waals surface area contributed by atoms with E-state index in [0.717, 1.165) is 44.2 Å². The number of carbonyl (C=O) groups is 3. The van der Waals surface area contributed by atoms with Gasteiger partial charge in [-0.25, -0.2) is 4.79 Å². The van der Waals surface area contributed by atoms with Gasteiger partial charge in [0.2, 0.25) is 11.8 Å². The first-order chi connectivity index (χ1) is 20.8. The van der Waals surface area contributed by atoms with E-state index >= 15 is 0 Å². The lowest BCUT2D eigenvalue weighted by atomic mass is 9.88. The molecule has 3 N–H and O–H groups in total. The molecule has 44 heavy (non-hydrogen) atoms. The number of hydrogen-bond donors (Lipinski definition) is 3. The largest absolute Gasteiger partial charge is 0.488 e. The summed E-state index contributed by atoms with van der Waals surface area (Å²) in [5.41, 5.74) is 0.528. The predicted molar refractivity (Wildman–Crippen MR) is 160 cm³/mol. The maximum atomic E-state index is 13.5. The van der Waals surface area contributed by atoms with Gasteiger partial charge in [0.25, 0.3) is 0 Å². The zero-order chi connectivity index (χ0) is 32.0. The van der Waals surface area contributed by atoms with Crippen molar-refractivity contribution in [2.75, 3.05) is 37.4 Å². The predicted octanol–water partition coefficient (Wildman–Crippen LogP) is 5.54. The summed E-state index contributed by atoms with van der Waals surface area (Å²) in [5, 5.41) is 15.5. The quantitative estimate of drug-likeness (QED) is 0.378. The van der Waals surface area contributed by atoms with Gasteiger partial charge in [-0.1, -0.05) is 26.2 Å². The van der Waals surface area contributed by atoms with Gasteiger partial charge in [0.1, 0.15) is 11.9 Å². The van der Waals surface area contributed by atoms with E-state index in [0.29, 0.717) is 17.0 Å². The summed E-state index contributed by atoms with van der Waals surface area (Å²) in [4.78, 5) is 42.3. The molecule has 3 atom stereocenters. The van der Waals surface area contributed by atoms with Gasteiger partial charge in [0, 0.05) is 42.4 Å². The Labute approximate surface area is 255 Å². The third-order valence-electron chi connectivity index (χ3n) is 8.42. The third-order valence-corrected chi connectivity index (χ3v) is 8.42. The van der Waals surface area contributed by atoms with Gasteiger partial charge in [0.15, 0.2) is 0 Å². The van der Waals surface area contributed by atoms with Gasteiger partial charge in [0.05, 0.1) is 31.2 Å². The van der Waals surface area contributed by atoms with E-state index in [1.165, 1.54) is 17.0 Å². The lowest BCUT2D eigenvalue weighted by molar-refractivity contribution is -0.137. The summed E-state index contributed by atoms with van der Waals surface area (Å²) in [6.45, 7) is 3.77. The Morgan fingerprint density at radius 2 is 1.73 bits per heavy atom. The first-order valence-electron chi connectivity index (χ1n) is 15.1. The molecule has 0 bridgehead atoms. The first kappa shape index (κ1) is 33.1. The van der Waals surface area contributed by atoms with Crippen LogP contribution in [-0.4, -0.2) is 71.6 Å². The second-order valence-corrected chi connectivity index (χ2v) is 11.9. The summed E-state index contributed by atoms with van der Waals surface area (Å²) in [6.07, 6.45) is -0.173. The Bertz CT molecular complexity index is 1310. The Morgan fingerprint density at radius 1 is 1.07 bits per heavy atom. The SMILES string of the molecule is C[C@H](CO)N1C[C@H](C)[C@@H](CN(C)C(=O)Nc2ccc(C(F)(F)F)cc2)Oc2ccc(NC(=O)C3CCCCC3)cc2CC1=O. The molecule has 240 valence electrons. The molecule has 1 heterocycles. The van der Waals surface area contributed by atoms with Crippen LogP contribution in [0.25, 0.3) is 0 Å². The van der Waals surface area contributed by atoms with Crippen LogP contribution < -0.4 is 15.4 Å². The summed E-state index contributed by atoms with van der Waals surface area (Å²) >= 11 is 0. The fourth-order valence-corrected chi connectivity index (χ4v) is 5.65. The number of amides is 4. The van der Waals surface area contributed by atoms with Crippen LogP contribution in [-0.2, 0) is 22.2 Å². The fourth-order valence-electron chi connectivity index (χ4n) is 5.65. The molecule has 0 unspecified atom stereocenters. The second-order valence-electron chi connectivity index (χ2n) is 11.9. The summed E-state index contributed by atoms with van der Waals surface area (Å²) < 4.78 is 45.2. The number of urea groups is 1. The molecule has 2 aromatic carbocycles. The van der Waals surface area contributed by atoms with Crippen molar-refractivity contribution >= 4 is 29.2 Å². The van der Waals surface area contributed by atoms with Crippen molar-refractivity contribution in [3.8, 4) is 5.75 Å². The van der Waals surface area contributed by atoms with Crippen LogP contribution in [0.2, 0.25) is 0 Å². The highest BCUT2D eigenvalue weighted by atomic mass is 19.4. The number of nitrogens with one attached hydrogen (secondary N) is 2. The minimum Gasteiger partial charge on any atom is -0.488 e. The van der Waals surface area contributed by atoms with Crippen LogP contribution in [0.5, 0.6) is 5.75 Å². The summed E-state index contributed by atoms with van der Waals surface area (Å²) in [5.74, 6) is -0.107. The van der Waals surface area contributed by atoms with Crippen LogP contribution in [0.15, 0.2) is 42.5 Å². The Hall–Kier alpha value is -3.80. The molecule has 0 aromatic heterocycles. The van der Waals surface area contributed by atoms with Gasteiger partial charge in [-0.05, 0) is 62.2 Å². The minimum absolute atomic E-state index is 0.00347. The average molecular weight is 619 g/mol. The van der Waals surface area contributed by atoms with E-state index in [9.17, 15) is 32.7 Å². The molecular weight excluding hydrogens is 577 g/mol. The molecule has 2 aromatic rings. The molecule has 1 aliphatic heterocycles. The van der Waals surface area contributed by atoms with E-state index in [4.69, 9.17) is 4.74 Å². The molecule has 1 fully saturated rings. The van der Waals surface area contributed by atoms with Crippen molar-refractivity contribution in [3.05, 3.63) is 53.6 Å². The molecule has 9 nitrogen and oxygen atoms in total. The molecule has 0 saturated heterocycles. The van der Waals surface area contributed by atoms with Crippen molar-refractivity contribution in [2.24, 2.45) is 11.8 Å². The van der Waals surface area contributed by atoms with Crippen LogP contribution in [0, 0.1) is 11.8 Å². The number of rotatable bonds is 7. The second kappa shape index (κ2) is 14.3. The maximum Gasteiger partial charge on any atom is 0.416 e. The van der Waals surface area contributed by atoms with E-state index < -0.39 is 29.9 Å². The number of fused-ring (bicyclic) bond motifs is 1. The van der Waals surface area contributed by atoms with E-state index in [1.807, 2.05) is 6.92 Å². The Morgan fingerprint density at radius 3 is 2.36 bits per heavy atom. The smallest absolute Gasteiger partial charge is 0.416 e. The maximum absolute atomic E-state index is 13.5. The third kappa shape index (κ3) is 8.43. The van der Waals surface area contributed by atoms with Crippen LogP contribution in [0.4, 0.5) is 29.3 Å². The topological polar surface area (TPSA) is 111 Å². The number of carbonyl (C=O) groups excluding carboxylic acids is 3. The van der Waals surface area contributed by atoms with Crippen molar-refractivity contribution in [3.63, 3.8) is 0 Å². The molecule has 1 aliphatic carbocycles. The van der Waals surface area contributed by atoms with Gasteiger partial charge in [-0.15, -0.1) is 0 Å². The molecule has 0 spiro atoms. The number of halogens is 3. The summed E-state index contributed by atoms with van der Waals surface area (Å²) in [7, 11) is 1.55. The standard InChI is InChI=1S/C32H41F3N4O5/c1-20-17-39(21(2)19-40)29(41)16-23-15-26(36-30(42)22-7-5-4-6-8-22)13-14-27(23)44-28(20)18-38(3)31(43)37-25-11-9-24(10-12-25)32(33,34)35/h9-15,20-22,28,40H,4-8,16-19H2,1-3H3,(H,36,42)(H,37,43)/t20-,21+,28+/m0/s1. The van der Waals surface area contributed by atoms with Crippen molar-refractivity contribution in [1.29, 1.82) is 0 Å². The number of benzene rings is 2. The highest BCUT2D eigenvalue weighted by Gasteiger charge is 2.33. The normalized spacial score (nSPS) is 20.3. The molecule has 2 aliphatic rings. The molecule has 12 heteroatoms. The molecule has 4 amide bonds. The Balaban J connectivity index is 1.53. The van der Waals surface area contributed by atoms with Crippen LogP contribution >= 0.6 is 0 Å². The first-order valence-corrected chi connectivity index (χ1v) is 15.1. The van der Waals surface area contributed by atoms with Crippen LogP contribution in [0.1, 0.15) is 57.1 Å². The number of hydrogen-bond acceptors (Lipinski definition) is 5. The number of likely N-dealkylation sites (N-methyl/N-ethyl adjacent to an activating group) is 1. The Kier molecular flexibility index (Phi) is 10.8. The van der Waals surface area contributed by atoms with Gasteiger partial charge in [-0.2, -0.15) is 13.2 Å². The number of alkyl halides is 3. The van der Waals surface area contributed by atoms with Gasteiger partial charge < -0.3 is 30.3 Å². The molecule has 1 saturated carbocycles.